The molecule has 3 rings (SSSR count). The fourth-order valence-electron chi connectivity index (χ4n) is 2.18. The highest BCUT2D eigenvalue weighted by Crippen LogP contribution is 2.24. The molecule has 0 bridgehead atoms. The number of likely N-dealkylation sites (N-methyl/N-ethyl adjacent to an activating group) is 1. The molecular weight excluding hydrogens is 362 g/mol. The third-order valence-electron chi connectivity index (χ3n) is 3.41. The van der Waals surface area contributed by atoms with Crippen LogP contribution in [0, 0.1) is 0 Å². The average molecular weight is 377 g/mol. The number of hydrogen-bond acceptors (Lipinski definition) is 8. The van der Waals surface area contributed by atoms with Crippen LogP contribution in [0.15, 0.2) is 28.5 Å². The molecule has 25 heavy (non-hydrogen) atoms. The maximum atomic E-state index is 12.4. The highest BCUT2D eigenvalue weighted by atomic mass is 32.1. The smallest absolute Gasteiger partial charge is 0.228 e. The van der Waals surface area contributed by atoms with Crippen LogP contribution in [0.2, 0.25) is 0 Å². The highest BCUT2D eigenvalue weighted by molar-refractivity contribution is 7.14. The molecule has 11 heteroatoms. The molecule has 0 radical (unpaired) electrons. The Morgan fingerprint density at radius 1 is 1.32 bits per heavy atom. The van der Waals surface area contributed by atoms with Crippen molar-refractivity contribution in [3.05, 3.63) is 39.8 Å². The molecule has 0 aliphatic carbocycles. The van der Waals surface area contributed by atoms with Gasteiger partial charge in [0.25, 0.3) is 0 Å². The summed E-state index contributed by atoms with van der Waals surface area (Å²) in [6, 6.07) is 1.65. The van der Waals surface area contributed by atoms with Gasteiger partial charge in [-0.1, -0.05) is 0 Å². The summed E-state index contributed by atoms with van der Waals surface area (Å²) in [6.07, 6.45) is 1.84. The fourth-order valence-corrected chi connectivity index (χ4v) is 3.62. The molecule has 3 aromatic rings. The van der Waals surface area contributed by atoms with Gasteiger partial charge in [-0.05, 0) is 32.8 Å². The van der Waals surface area contributed by atoms with E-state index >= 15 is 0 Å². The molecule has 2 N–H and O–H groups in total. The van der Waals surface area contributed by atoms with E-state index < -0.39 is 0 Å². The second kappa shape index (κ2) is 7.94. The molecule has 0 aliphatic heterocycles. The lowest BCUT2D eigenvalue weighted by Gasteiger charge is -2.14. The van der Waals surface area contributed by atoms with Crippen LogP contribution in [-0.4, -0.2) is 44.1 Å². The van der Waals surface area contributed by atoms with E-state index in [-0.39, 0.29) is 30.7 Å². The zero-order valence-corrected chi connectivity index (χ0v) is 14.9. The minimum atomic E-state index is -0.286. The lowest BCUT2D eigenvalue weighted by molar-refractivity contribution is -0.120. The van der Waals surface area contributed by atoms with Crippen molar-refractivity contribution in [1.29, 1.82) is 0 Å². The second-order valence-corrected chi connectivity index (χ2v) is 6.75. The van der Waals surface area contributed by atoms with Crippen molar-refractivity contribution in [2.24, 2.45) is 0 Å². The van der Waals surface area contributed by atoms with Gasteiger partial charge in [0.05, 0.1) is 24.6 Å². The summed E-state index contributed by atoms with van der Waals surface area (Å²) in [5.74, 6) is -0.327. The largest absolute Gasteiger partial charge is 0.359 e. The van der Waals surface area contributed by atoms with Gasteiger partial charge >= 0.3 is 0 Å². The monoisotopic (exact) mass is 377 g/mol. The van der Waals surface area contributed by atoms with E-state index in [2.05, 4.69) is 31.1 Å². The van der Waals surface area contributed by atoms with Gasteiger partial charge in [-0.2, -0.15) is 11.3 Å². The van der Waals surface area contributed by atoms with E-state index in [0.29, 0.717) is 10.8 Å². The van der Waals surface area contributed by atoms with Crippen LogP contribution in [0.1, 0.15) is 23.7 Å². The number of nitrogens with one attached hydrogen (secondary N) is 2. The quantitative estimate of drug-likeness (QED) is 0.637. The Balaban J connectivity index is 1.65. The first-order chi connectivity index (χ1) is 12.2. The van der Waals surface area contributed by atoms with E-state index in [1.165, 1.54) is 17.7 Å². The molecule has 0 spiro atoms. The number of rotatable bonds is 7. The Labute approximate surface area is 151 Å². The first kappa shape index (κ1) is 17.2. The second-order valence-electron chi connectivity index (χ2n) is 5.11. The number of thiazole rings is 1. The topological polar surface area (TPSA) is 115 Å². The van der Waals surface area contributed by atoms with Crippen molar-refractivity contribution in [2.75, 3.05) is 12.4 Å². The van der Waals surface area contributed by atoms with Crippen LogP contribution in [-0.2, 0) is 16.0 Å². The van der Waals surface area contributed by atoms with Gasteiger partial charge in [-0.25, -0.2) is 9.67 Å². The summed E-state index contributed by atoms with van der Waals surface area (Å²) in [6.45, 7) is 0. The van der Waals surface area contributed by atoms with E-state index in [1.807, 2.05) is 16.8 Å². The molecule has 9 nitrogen and oxygen atoms in total. The molecule has 0 aromatic carbocycles. The van der Waals surface area contributed by atoms with Gasteiger partial charge in [-0.3, -0.25) is 9.59 Å². The Kier molecular flexibility index (Phi) is 5.46. The van der Waals surface area contributed by atoms with Crippen LogP contribution in [0.5, 0.6) is 0 Å². The Morgan fingerprint density at radius 3 is 2.88 bits per heavy atom. The molecule has 3 aromatic heterocycles. The van der Waals surface area contributed by atoms with Crippen LogP contribution in [0.3, 0.4) is 0 Å². The molecule has 3 heterocycles. The van der Waals surface area contributed by atoms with E-state index in [0.717, 1.165) is 5.56 Å². The number of carbonyl (C=O) groups excluding carboxylic acids is 2. The highest BCUT2D eigenvalue weighted by Gasteiger charge is 2.20. The average Bonchev–Trinajstić information content (AvgIpc) is 3.35. The molecule has 0 saturated heterocycles. The molecule has 0 saturated carbocycles. The predicted octanol–water partition coefficient (Wildman–Crippen LogP) is 1.10. The normalized spacial score (nSPS) is 11.9. The zero-order chi connectivity index (χ0) is 17.6. The number of tetrazole rings is 1. The minimum Gasteiger partial charge on any atom is -0.359 e. The Hall–Kier alpha value is -2.66. The standard InChI is InChI=1S/C14H15N7O2S2/c1-15-12(22)4-10-7-25-14(17-10)18-13(23)5-11(9-2-3-24-6-9)21-8-16-19-20-21/h2-3,6-8,11H,4-5H2,1H3,(H,15,22)(H,17,18,23)/t11-/m0/s1. The minimum absolute atomic E-state index is 0.126. The lowest BCUT2D eigenvalue weighted by atomic mass is 10.1. The van der Waals surface area contributed by atoms with Crippen molar-refractivity contribution in [1.82, 2.24) is 30.5 Å². The summed E-state index contributed by atoms with van der Waals surface area (Å²) in [4.78, 5) is 28.0. The SMILES string of the molecule is CNC(=O)Cc1csc(NC(=O)C[C@@H](c2ccsc2)n2cnnn2)n1. The van der Waals surface area contributed by atoms with Gasteiger partial charge in [0.1, 0.15) is 6.33 Å². The summed E-state index contributed by atoms with van der Waals surface area (Å²) >= 11 is 2.83. The molecule has 130 valence electrons. The van der Waals surface area contributed by atoms with Crippen LogP contribution >= 0.6 is 22.7 Å². The van der Waals surface area contributed by atoms with Gasteiger partial charge in [-0.15, -0.1) is 16.4 Å². The van der Waals surface area contributed by atoms with E-state index in [1.54, 1.807) is 28.4 Å². The van der Waals surface area contributed by atoms with Gasteiger partial charge in [0, 0.05) is 12.4 Å². The van der Waals surface area contributed by atoms with Crippen LogP contribution in [0.4, 0.5) is 5.13 Å². The van der Waals surface area contributed by atoms with Crippen molar-refractivity contribution < 1.29 is 9.59 Å². The maximum absolute atomic E-state index is 12.4. The maximum Gasteiger partial charge on any atom is 0.228 e. The molecule has 2 amide bonds. The summed E-state index contributed by atoms with van der Waals surface area (Å²) in [5.41, 5.74) is 1.58. The van der Waals surface area contributed by atoms with Gasteiger partial charge in [0.15, 0.2) is 5.13 Å². The lowest BCUT2D eigenvalue weighted by Crippen LogP contribution is -2.21. The number of carbonyl (C=O) groups is 2. The zero-order valence-electron chi connectivity index (χ0n) is 13.2. The van der Waals surface area contributed by atoms with Crippen molar-refractivity contribution in [3.8, 4) is 0 Å². The molecule has 1 atom stereocenters. The summed E-state index contributed by atoms with van der Waals surface area (Å²) < 4.78 is 1.56. The van der Waals surface area contributed by atoms with E-state index in [9.17, 15) is 9.59 Å². The molecule has 0 fully saturated rings. The Bertz CT molecular complexity index is 795. The van der Waals surface area contributed by atoms with Gasteiger partial charge < -0.3 is 10.6 Å². The van der Waals surface area contributed by atoms with Crippen LogP contribution < -0.4 is 10.6 Å². The molecule has 0 unspecified atom stereocenters. The van der Waals surface area contributed by atoms with Crippen molar-refractivity contribution in [2.45, 2.75) is 18.9 Å². The van der Waals surface area contributed by atoms with Crippen molar-refractivity contribution in [3.63, 3.8) is 0 Å². The Morgan fingerprint density at radius 2 is 2.20 bits per heavy atom. The third kappa shape index (κ3) is 4.45. The first-order valence-corrected chi connectivity index (χ1v) is 9.17. The van der Waals surface area contributed by atoms with Crippen molar-refractivity contribution >= 4 is 39.6 Å². The predicted molar refractivity (Wildman–Crippen MR) is 93.4 cm³/mol. The van der Waals surface area contributed by atoms with Gasteiger partial charge in [0.2, 0.25) is 11.8 Å². The summed E-state index contributed by atoms with van der Waals surface area (Å²) in [5, 5.41) is 22.6. The number of anilines is 1. The summed E-state index contributed by atoms with van der Waals surface area (Å²) in [7, 11) is 1.57. The number of amides is 2. The fraction of sp³-hybridized carbons (Fsp3) is 0.286. The van der Waals surface area contributed by atoms with E-state index in [4.69, 9.17) is 0 Å². The first-order valence-electron chi connectivity index (χ1n) is 7.35. The number of hydrogen-bond donors (Lipinski definition) is 2. The number of thiophene rings is 1. The number of aromatic nitrogens is 5. The van der Waals surface area contributed by atoms with Crippen LogP contribution in [0.25, 0.3) is 0 Å². The third-order valence-corrected chi connectivity index (χ3v) is 4.92. The molecular formula is C14H15N7O2S2. The number of nitrogens with zero attached hydrogens (tertiary/aromatic N) is 5. The molecule has 0 aliphatic rings.